The second-order valence-corrected chi connectivity index (χ2v) is 5.51. The topological polar surface area (TPSA) is 79.5 Å². The van der Waals surface area contributed by atoms with Crippen molar-refractivity contribution in [3.05, 3.63) is 0 Å². The smallest absolute Gasteiger partial charge is 0.238 e. The predicted octanol–water partition coefficient (Wildman–Crippen LogP) is -0.0700. The average Bonchev–Trinajstić information content (AvgIpc) is 2.48. The van der Waals surface area contributed by atoms with Gasteiger partial charge in [0, 0.05) is 19.7 Å². The molecule has 1 aliphatic carbocycles. The molecule has 1 unspecified atom stereocenters. The minimum absolute atomic E-state index is 0.0531. The van der Waals surface area contributed by atoms with E-state index >= 15 is 0 Å². The Morgan fingerprint density at radius 3 is 2.80 bits per heavy atom. The van der Waals surface area contributed by atoms with Gasteiger partial charge in [0.05, 0.1) is 12.6 Å². The van der Waals surface area contributed by atoms with Crippen LogP contribution in [-0.2, 0) is 14.3 Å². The number of hydrogen-bond donors (Lipinski definition) is 3. The predicted molar refractivity (Wildman–Crippen MR) is 75.3 cm³/mol. The molecule has 6 nitrogen and oxygen atoms in total. The van der Waals surface area contributed by atoms with E-state index in [1.165, 1.54) is 32.1 Å². The summed E-state index contributed by atoms with van der Waals surface area (Å²) in [6.45, 7) is 1.91. The zero-order valence-electron chi connectivity index (χ0n) is 12.0. The number of ether oxygens (including phenoxy) is 1. The zero-order valence-corrected chi connectivity index (χ0v) is 12.0. The molecule has 6 heteroatoms. The lowest BCUT2D eigenvalue weighted by molar-refractivity contribution is -0.126. The van der Waals surface area contributed by atoms with Gasteiger partial charge in [-0.15, -0.1) is 0 Å². The van der Waals surface area contributed by atoms with Gasteiger partial charge in [0.25, 0.3) is 0 Å². The standard InChI is InChI=1S/C14H25N3O3/c18-13-10-16-12(9-17-13)14(19)15-7-4-8-20-11-5-2-1-3-6-11/h11-12,16H,1-10H2,(H,15,19)(H,17,18). The van der Waals surface area contributed by atoms with Crippen LogP contribution < -0.4 is 16.0 Å². The summed E-state index contributed by atoms with van der Waals surface area (Å²) in [6.07, 6.45) is 7.51. The minimum Gasteiger partial charge on any atom is -0.378 e. The summed E-state index contributed by atoms with van der Waals surface area (Å²) in [5.74, 6) is -0.113. The van der Waals surface area contributed by atoms with Crippen molar-refractivity contribution in [2.75, 3.05) is 26.2 Å². The molecule has 1 saturated heterocycles. The molecule has 0 radical (unpaired) electrons. The van der Waals surface area contributed by atoms with Crippen LogP contribution in [0.5, 0.6) is 0 Å². The van der Waals surface area contributed by atoms with Gasteiger partial charge in [-0.05, 0) is 19.3 Å². The molecule has 1 saturated carbocycles. The third kappa shape index (κ3) is 5.09. The maximum atomic E-state index is 11.8. The summed E-state index contributed by atoms with van der Waals surface area (Å²) in [6, 6.07) is -0.313. The Morgan fingerprint density at radius 1 is 1.30 bits per heavy atom. The molecule has 2 aliphatic rings. The van der Waals surface area contributed by atoms with Gasteiger partial charge in [-0.3, -0.25) is 14.9 Å². The molecule has 2 amide bonds. The minimum atomic E-state index is -0.313. The number of rotatable bonds is 6. The number of hydrogen-bond acceptors (Lipinski definition) is 4. The summed E-state index contributed by atoms with van der Waals surface area (Å²) < 4.78 is 5.80. The summed E-state index contributed by atoms with van der Waals surface area (Å²) in [7, 11) is 0. The Morgan fingerprint density at radius 2 is 2.10 bits per heavy atom. The summed E-state index contributed by atoms with van der Waals surface area (Å²) in [5, 5.41) is 8.45. The second kappa shape index (κ2) is 8.21. The molecule has 0 aromatic carbocycles. The Bertz CT molecular complexity index is 320. The molecule has 2 fully saturated rings. The SMILES string of the molecule is O=C1CNC(C(=O)NCCCOC2CCCCC2)CN1. The monoisotopic (exact) mass is 283 g/mol. The van der Waals surface area contributed by atoms with Crippen LogP contribution in [0, 0.1) is 0 Å². The molecule has 3 N–H and O–H groups in total. The van der Waals surface area contributed by atoms with Crippen LogP contribution in [-0.4, -0.2) is 50.2 Å². The zero-order chi connectivity index (χ0) is 14.2. The number of carbonyl (C=O) groups is 2. The van der Waals surface area contributed by atoms with E-state index in [2.05, 4.69) is 16.0 Å². The quantitative estimate of drug-likeness (QED) is 0.596. The van der Waals surface area contributed by atoms with E-state index in [0.29, 0.717) is 25.8 Å². The van der Waals surface area contributed by atoms with Gasteiger partial charge >= 0.3 is 0 Å². The lowest BCUT2D eigenvalue weighted by atomic mass is 9.98. The highest BCUT2D eigenvalue weighted by Crippen LogP contribution is 2.20. The highest BCUT2D eigenvalue weighted by molar-refractivity contribution is 5.86. The molecule has 1 heterocycles. The van der Waals surface area contributed by atoms with Crippen LogP contribution in [0.3, 0.4) is 0 Å². The first-order chi connectivity index (χ1) is 9.75. The molecule has 2 rings (SSSR count). The van der Waals surface area contributed by atoms with Gasteiger partial charge in [-0.2, -0.15) is 0 Å². The Labute approximate surface area is 120 Å². The van der Waals surface area contributed by atoms with E-state index in [0.717, 1.165) is 6.42 Å². The first-order valence-corrected chi connectivity index (χ1v) is 7.65. The van der Waals surface area contributed by atoms with E-state index in [9.17, 15) is 9.59 Å². The molecule has 20 heavy (non-hydrogen) atoms. The van der Waals surface area contributed by atoms with Crippen molar-refractivity contribution in [2.24, 2.45) is 0 Å². The third-order valence-corrected chi connectivity index (χ3v) is 3.85. The molecule has 114 valence electrons. The van der Waals surface area contributed by atoms with Crippen molar-refractivity contribution >= 4 is 11.8 Å². The fourth-order valence-electron chi connectivity index (χ4n) is 2.64. The van der Waals surface area contributed by atoms with Crippen molar-refractivity contribution in [3.63, 3.8) is 0 Å². The van der Waals surface area contributed by atoms with Crippen LogP contribution in [0.25, 0.3) is 0 Å². The fraction of sp³-hybridized carbons (Fsp3) is 0.857. The molecule has 0 aromatic rings. The molecular formula is C14H25N3O3. The molecule has 0 bridgehead atoms. The van der Waals surface area contributed by atoms with E-state index in [-0.39, 0.29) is 24.4 Å². The van der Waals surface area contributed by atoms with Crippen molar-refractivity contribution in [3.8, 4) is 0 Å². The Hall–Kier alpha value is -1.14. The van der Waals surface area contributed by atoms with Crippen LogP contribution in [0.1, 0.15) is 38.5 Å². The van der Waals surface area contributed by atoms with Crippen LogP contribution in [0.4, 0.5) is 0 Å². The first-order valence-electron chi connectivity index (χ1n) is 7.65. The maximum absolute atomic E-state index is 11.8. The van der Waals surface area contributed by atoms with Crippen LogP contribution >= 0.6 is 0 Å². The number of nitrogens with one attached hydrogen (secondary N) is 3. The van der Waals surface area contributed by atoms with Crippen molar-refractivity contribution in [1.82, 2.24) is 16.0 Å². The van der Waals surface area contributed by atoms with Crippen LogP contribution in [0.2, 0.25) is 0 Å². The number of amides is 2. The van der Waals surface area contributed by atoms with Crippen molar-refractivity contribution in [1.29, 1.82) is 0 Å². The maximum Gasteiger partial charge on any atom is 0.238 e. The second-order valence-electron chi connectivity index (χ2n) is 5.51. The van der Waals surface area contributed by atoms with Gasteiger partial charge < -0.3 is 15.4 Å². The van der Waals surface area contributed by atoms with Crippen molar-refractivity contribution < 1.29 is 14.3 Å². The van der Waals surface area contributed by atoms with Gasteiger partial charge in [0.1, 0.15) is 6.04 Å². The molecule has 1 atom stereocenters. The van der Waals surface area contributed by atoms with Gasteiger partial charge in [0.2, 0.25) is 11.8 Å². The number of piperazine rings is 1. The van der Waals surface area contributed by atoms with Crippen molar-refractivity contribution in [2.45, 2.75) is 50.7 Å². The first kappa shape index (κ1) is 15.3. The Kier molecular flexibility index (Phi) is 6.26. The number of carbonyl (C=O) groups excluding carboxylic acids is 2. The van der Waals surface area contributed by atoms with E-state index in [4.69, 9.17) is 4.74 Å². The van der Waals surface area contributed by atoms with Crippen LogP contribution in [0.15, 0.2) is 0 Å². The van der Waals surface area contributed by atoms with E-state index < -0.39 is 0 Å². The van der Waals surface area contributed by atoms with Gasteiger partial charge in [-0.1, -0.05) is 19.3 Å². The fourth-order valence-corrected chi connectivity index (χ4v) is 2.64. The molecule has 1 aliphatic heterocycles. The average molecular weight is 283 g/mol. The normalized spacial score (nSPS) is 24.2. The van der Waals surface area contributed by atoms with Gasteiger partial charge in [0.15, 0.2) is 0 Å². The van der Waals surface area contributed by atoms with E-state index in [1.54, 1.807) is 0 Å². The van der Waals surface area contributed by atoms with Gasteiger partial charge in [-0.25, -0.2) is 0 Å². The largest absolute Gasteiger partial charge is 0.378 e. The molecular weight excluding hydrogens is 258 g/mol. The summed E-state index contributed by atoms with van der Waals surface area (Å²) in [5.41, 5.74) is 0. The molecule has 0 aromatic heterocycles. The highest BCUT2D eigenvalue weighted by atomic mass is 16.5. The lowest BCUT2D eigenvalue weighted by Crippen LogP contribution is -2.58. The molecule has 0 spiro atoms. The summed E-state index contributed by atoms with van der Waals surface area (Å²) in [4.78, 5) is 22.8. The highest BCUT2D eigenvalue weighted by Gasteiger charge is 2.23. The summed E-state index contributed by atoms with van der Waals surface area (Å²) >= 11 is 0. The van der Waals surface area contributed by atoms with E-state index in [1.807, 2.05) is 0 Å². The Balaban J connectivity index is 1.50. The lowest BCUT2D eigenvalue weighted by Gasteiger charge is -2.23. The third-order valence-electron chi connectivity index (χ3n) is 3.85.